The van der Waals surface area contributed by atoms with E-state index in [1.807, 2.05) is 68.4 Å². The molecule has 2 N–H and O–H groups in total. The average molecular weight is 452 g/mol. The molecular weight excluding hydrogens is 426 g/mol. The zero-order valence-electron chi connectivity index (χ0n) is 19.2. The fourth-order valence-corrected chi connectivity index (χ4v) is 3.62. The summed E-state index contributed by atoms with van der Waals surface area (Å²) in [7, 11) is 0. The second-order valence-corrected chi connectivity index (χ2v) is 8.48. The van der Waals surface area contributed by atoms with Gasteiger partial charge in [0, 0.05) is 29.7 Å². The molecule has 0 saturated carbocycles. The summed E-state index contributed by atoms with van der Waals surface area (Å²) in [5.41, 5.74) is 0.860. The molecule has 0 aliphatic carbocycles. The van der Waals surface area contributed by atoms with Crippen LogP contribution in [0.25, 0.3) is 16.7 Å². The van der Waals surface area contributed by atoms with Crippen LogP contribution in [0.3, 0.4) is 0 Å². The Hall–Kier alpha value is -4.21. The molecule has 0 fully saturated rings. The molecule has 1 atom stereocenters. The fourth-order valence-electron chi connectivity index (χ4n) is 3.62. The van der Waals surface area contributed by atoms with Gasteiger partial charge in [-0.25, -0.2) is 4.98 Å². The van der Waals surface area contributed by atoms with Crippen LogP contribution < -0.4 is 10.7 Å². The Morgan fingerprint density at radius 2 is 1.85 bits per heavy atom. The highest BCUT2D eigenvalue weighted by atomic mass is 16.3. The third-order valence-corrected chi connectivity index (χ3v) is 5.34. The summed E-state index contributed by atoms with van der Waals surface area (Å²) in [6, 6.07) is 19.8. The van der Waals surface area contributed by atoms with Gasteiger partial charge >= 0.3 is 0 Å². The summed E-state index contributed by atoms with van der Waals surface area (Å²) in [5.74, 6) is 5.54. The lowest BCUT2D eigenvalue weighted by atomic mass is 9.96. The molecule has 0 aliphatic rings. The smallest absolute Gasteiger partial charge is 0.256 e. The van der Waals surface area contributed by atoms with Gasteiger partial charge in [-0.3, -0.25) is 9.59 Å². The lowest BCUT2D eigenvalue weighted by Gasteiger charge is -2.16. The van der Waals surface area contributed by atoms with Crippen molar-refractivity contribution in [2.75, 3.05) is 0 Å². The number of hydrogen-bond acceptors (Lipinski definition) is 4. The summed E-state index contributed by atoms with van der Waals surface area (Å²) in [5, 5.41) is 13.9. The first kappa shape index (κ1) is 23.0. The molecule has 4 aromatic rings. The van der Waals surface area contributed by atoms with Crippen LogP contribution in [0.1, 0.15) is 42.3 Å². The number of benzene rings is 2. The van der Waals surface area contributed by atoms with Gasteiger partial charge in [0.2, 0.25) is 5.43 Å². The van der Waals surface area contributed by atoms with Gasteiger partial charge in [0.1, 0.15) is 16.8 Å². The lowest BCUT2D eigenvalue weighted by Crippen LogP contribution is -2.34. The molecule has 2 aromatic carbocycles. The molecule has 4 rings (SSSR count). The maximum atomic E-state index is 13.0. The van der Waals surface area contributed by atoms with Gasteiger partial charge in [-0.2, -0.15) is 0 Å². The highest BCUT2D eigenvalue weighted by Crippen LogP contribution is 2.20. The minimum absolute atomic E-state index is 0.0395. The Kier molecular flexibility index (Phi) is 6.31. The third kappa shape index (κ3) is 4.75. The summed E-state index contributed by atoms with van der Waals surface area (Å²) in [4.78, 5) is 30.1. The van der Waals surface area contributed by atoms with Crippen molar-refractivity contribution in [1.29, 1.82) is 0 Å². The van der Waals surface area contributed by atoms with E-state index in [2.05, 4.69) is 22.1 Å². The predicted octanol–water partition coefficient (Wildman–Crippen LogP) is 3.78. The van der Waals surface area contributed by atoms with Crippen LogP contribution in [0.15, 0.2) is 83.9 Å². The molecular formula is C28H25N3O3. The highest BCUT2D eigenvalue weighted by Gasteiger charge is 2.20. The zero-order chi connectivity index (χ0) is 24.3. The van der Waals surface area contributed by atoms with Crippen LogP contribution in [0.5, 0.6) is 0 Å². The minimum Gasteiger partial charge on any atom is -0.374 e. The van der Waals surface area contributed by atoms with Crippen LogP contribution in [0.2, 0.25) is 0 Å². The molecule has 6 heteroatoms. The Balaban J connectivity index is 1.81. The van der Waals surface area contributed by atoms with Crippen molar-refractivity contribution in [1.82, 2.24) is 14.9 Å². The second-order valence-electron chi connectivity index (χ2n) is 8.48. The van der Waals surface area contributed by atoms with E-state index in [1.54, 1.807) is 29.8 Å². The van der Waals surface area contributed by atoms with Crippen molar-refractivity contribution < 1.29 is 9.90 Å². The molecule has 170 valence electrons. The number of nitrogens with zero attached hydrogens (tertiary/aromatic N) is 2. The van der Waals surface area contributed by atoms with Crippen LogP contribution in [-0.4, -0.2) is 26.6 Å². The molecule has 1 unspecified atom stereocenters. The summed E-state index contributed by atoms with van der Waals surface area (Å²) in [6.07, 6.45) is 3.12. The van der Waals surface area contributed by atoms with Gasteiger partial charge in [-0.1, -0.05) is 48.2 Å². The van der Waals surface area contributed by atoms with Gasteiger partial charge in [-0.05, 0) is 56.7 Å². The minimum atomic E-state index is -1.31. The monoisotopic (exact) mass is 451 g/mol. The van der Waals surface area contributed by atoms with E-state index in [1.165, 1.54) is 6.20 Å². The number of aromatic nitrogens is 2. The maximum absolute atomic E-state index is 13.0. The maximum Gasteiger partial charge on any atom is 0.256 e. The van der Waals surface area contributed by atoms with Gasteiger partial charge in [0.15, 0.2) is 0 Å². The van der Waals surface area contributed by atoms with E-state index < -0.39 is 11.5 Å². The van der Waals surface area contributed by atoms with E-state index in [4.69, 9.17) is 0 Å². The molecule has 0 aliphatic heterocycles. The largest absolute Gasteiger partial charge is 0.374 e. The molecule has 0 bridgehead atoms. The third-order valence-electron chi connectivity index (χ3n) is 5.34. The van der Waals surface area contributed by atoms with Gasteiger partial charge < -0.3 is 15.0 Å². The quantitative estimate of drug-likeness (QED) is 0.463. The van der Waals surface area contributed by atoms with Crippen LogP contribution in [0, 0.1) is 11.8 Å². The Labute approximate surface area is 197 Å². The SMILES string of the molecule is CC(C)NC(=O)c1cn(-c2cccc(C#CC(C)(O)c3ccccc3)c2)c2ncccc2c1=O. The predicted molar refractivity (Wildman–Crippen MR) is 133 cm³/mol. The number of fused-ring (bicyclic) bond motifs is 1. The molecule has 1 amide bonds. The van der Waals surface area contributed by atoms with Crippen LogP contribution in [0.4, 0.5) is 0 Å². The van der Waals surface area contributed by atoms with Crippen molar-refractivity contribution in [3.05, 3.63) is 106 Å². The first-order valence-electron chi connectivity index (χ1n) is 11.0. The number of pyridine rings is 2. The molecule has 2 heterocycles. The van der Waals surface area contributed by atoms with Crippen molar-refractivity contribution in [2.45, 2.75) is 32.4 Å². The number of aliphatic hydroxyl groups is 1. The van der Waals surface area contributed by atoms with E-state index in [-0.39, 0.29) is 17.0 Å². The molecule has 2 aromatic heterocycles. The number of carbonyl (C=O) groups excluding carboxylic acids is 1. The highest BCUT2D eigenvalue weighted by molar-refractivity contribution is 5.97. The molecule has 0 radical (unpaired) electrons. The van der Waals surface area contributed by atoms with E-state index in [0.717, 1.165) is 0 Å². The average Bonchev–Trinajstić information content (AvgIpc) is 2.83. The van der Waals surface area contributed by atoms with Crippen LogP contribution >= 0.6 is 0 Å². The lowest BCUT2D eigenvalue weighted by molar-refractivity contribution is 0.0941. The second kappa shape index (κ2) is 9.34. The van der Waals surface area contributed by atoms with Crippen molar-refractivity contribution in [2.24, 2.45) is 0 Å². The van der Waals surface area contributed by atoms with E-state index in [0.29, 0.717) is 27.8 Å². The van der Waals surface area contributed by atoms with Crippen LogP contribution in [-0.2, 0) is 5.60 Å². The number of carbonyl (C=O) groups is 1. The Morgan fingerprint density at radius 1 is 1.09 bits per heavy atom. The molecule has 0 saturated heterocycles. The van der Waals surface area contributed by atoms with Crippen molar-refractivity contribution in [3.63, 3.8) is 0 Å². The zero-order valence-corrected chi connectivity index (χ0v) is 19.2. The first-order chi connectivity index (χ1) is 16.3. The molecule has 34 heavy (non-hydrogen) atoms. The van der Waals surface area contributed by atoms with Crippen molar-refractivity contribution in [3.8, 4) is 17.5 Å². The number of amides is 1. The summed E-state index contributed by atoms with van der Waals surface area (Å²) < 4.78 is 1.71. The van der Waals surface area contributed by atoms with E-state index >= 15 is 0 Å². The molecule has 0 spiro atoms. The normalized spacial score (nSPS) is 12.6. The fraction of sp³-hybridized carbons (Fsp3) is 0.179. The standard InChI is InChI=1S/C28H25N3O3/c1-19(2)30-27(33)24-18-31(26-23(25(24)32)13-8-16-29-26)22-12-7-9-20(17-22)14-15-28(3,34)21-10-5-4-6-11-21/h4-13,16-19,34H,1-3H3,(H,30,33). The van der Waals surface area contributed by atoms with E-state index in [9.17, 15) is 14.7 Å². The summed E-state index contributed by atoms with van der Waals surface area (Å²) >= 11 is 0. The Morgan fingerprint density at radius 3 is 2.59 bits per heavy atom. The summed E-state index contributed by atoms with van der Waals surface area (Å²) in [6.45, 7) is 5.33. The van der Waals surface area contributed by atoms with Gasteiger partial charge in [0.05, 0.1) is 5.39 Å². The number of rotatable bonds is 4. The number of hydrogen-bond donors (Lipinski definition) is 2. The van der Waals surface area contributed by atoms with Gasteiger partial charge in [-0.15, -0.1) is 0 Å². The number of nitrogens with one attached hydrogen (secondary N) is 1. The molecule has 6 nitrogen and oxygen atoms in total. The van der Waals surface area contributed by atoms with Crippen molar-refractivity contribution >= 4 is 16.9 Å². The Bertz CT molecular complexity index is 1480. The topological polar surface area (TPSA) is 84.2 Å². The first-order valence-corrected chi connectivity index (χ1v) is 11.0. The van der Waals surface area contributed by atoms with Gasteiger partial charge in [0.25, 0.3) is 5.91 Å².